The number of aryl methyl sites for hydroxylation is 1. The van der Waals surface area contributed by atoms with Crippen LogP contribution in [0, 0.1) is 6.92 Å². The number of pyridine rings is 1. The maximum Gasteiger partial charge on any atom is 0.130 e. The Morgan fingerprint density at radius 1 is 1.48 bits per heavy atom. The van der Waals surface area contributed by atoms with Crippen LogP contribution in [0.3, 0.4) is 0 Å². The van der Waals surface area contributed by atoms with Gasteiger partial charge in [0, 0.05) is 43.8 Å². The Morgan fingerprint density at radius 3 is 3.14 bits per heavy atom. The second-order valence-corrected chi connectivity index (χ2v) is 5.27. The molecule has 3 heterocycles. The van der Waals surface area contributed by atoms with E-state index in [1.165, 1.54) is 5.56 Å². The van der Waals surface area contributed by atoms with Gasteiger partial charge in [-0.2, -0.15) is 0 Å². The third kappa shape index (κ3) is 3.06. The van der Waals surface area contributed by atoms with Crippen molar-refractivity contribution >= 4 is 5.82 Å². The van der Waals surface area contributed by atoms with Gasteiger partial charge < -0.3 is 15.0 Å². The highest BCUT2D eigenvalue weighted by molar-refractivity contribution is 5.42. The van der Waals surface area contributed by atoms with E-state index in [4.69, 9.17) is 4.74 Å². The van der Waals surface area contributed by atoms with Gasteiger partial charge >= 0.3 is 0 Å². The summed E-state index contributed by atoms with van der Waals surface area (Å²) in [5.41, 5.74) is 2.27. The second-order valence-electron chi connectivity index (χ2n) is 5.27. The fraction of sp³-hybridized carbons (Fsp3) is 0.467. The molecule has 0 saturated carbocycles. The molecular weight excluding hydrogens is 266 g/mol. The maximum atomic E-state index is 5.64. The number of nitrogens with one attached hydrogen (secondary N) is 2. The molecule has 1 saturated heterocycles. The predicted octanol–water partition coefficient (Wildman–Crippen LogP) is 1.73. The van der Waals surface area contributed by atoms with E-state index in [1.54, 1.807) is 0 Å². The molecule has 112 valence electrons. The molecule has 1 aliphatic heterocycles. The molecule has 6 heteroatoms. The van der Waals surface area contributed by atoms with E-state index in [2.05, 4.69) is 31.2 Å². The van der Waals surface area contributed by atoms with Crippen LogP contribution in [0.1, 0.15) is 23.1 Å². The summed E-state index contributed by atoms with van der Waals surface area (Å²) in [6.07, 6.45) is 3.67. The first kappa shape index (κ1) is 14.0. The number of hydrogen-bond donors (Lipinski definition) is 2. The van der Waals surface area contributed by atoms with Crippen LogP contribution in [0.2, 0.25) is 0 Å². The molecule has 0 spiro atoms. The van der Waals surface area contributed by atoms with Crippen molar-refractivity contribution in [1.82, 2.24) is 19.9 Å². The first-order chi connectivity index (χ1) is 10.3. The molecule has 0 aliphatic carbocycles. The molecule has 0 radical (unpaired) electrons. The summed E-state index contributed by atoms with van der Waals surface area (Å²) in [7, 11) is 1.90. The maximum absolute atomic E-state index is 5.64. The predicted molar refractivity (Wildman–Crippen MR) is 81.1 cm³/mol. The minimum Gasteiger partial charge on any atom is -0.378 e. The normalized spacial score (nSPS) is 19.6. The lowest BCUT2D eigenvalue weighted by atomic mass is 10.1. The molecule has 1 fully saturated rings. The van der Waals surface area contributed by atoms with Crippen LogP contribution in [0.25, 0.3) is 0 Å². The summed E-state index contributed by atoms with van der Waals surface area (Å²) in [5, 5.41) is 3.15. The van der Waals surface area contributed by atoms with Gasteiger partial charge in [-0.25, -0.2) is 9.97 Å². The average Bonchev–Trinajstić information content (AvgIpc) is 2.95. The van der Waals surface area contributed by atoms with E-state index < -0.39 is 0 Å². The van der Waals surface area contributed by atoms with Crippen LogP contribution in [0.4, 0.5) is 5.82 Å². The number of aromatic amines is 1. The Labute approximate surface area is 124 Å². The van der Waals surface area contributed by atoms with Crippen LogP contribution in [-0.2, 0) is 11.3 Å². The lowest BCUT2D eigenvalue weighted by Crippen LogP contribution is -2.39. The third-order valence-corrected chi connectivity index (χ3v) is 3.78. The molecule has 0 bridgehead atoms. The summed E-state index contributed by atoms with van der Waals surface area (Å²) in [5.74, 6) is 1.90. The van der Waals surface area contributed by atoms with Gasteiger partial charge in [0.1, 0.15) is 11.6 Å². The van der Waals surface area contributed by atoms with Crippen molar-refractivity contribution in [3.05, 3.63) is 41.6 Å². The number of hydrogen-bond acceptors (Lipinski definition) is 5. The quantitative estimate of drug-likeness (QED) is 0.896. The Balaban J connectivity index is 1.81. The van der Waals surface area contributed by atoms with Crippen molar-refractivity contribution in [3.8, 4) is 0 Å². The zero-order valence-corrected chi connectivity index (χ0v) is 12.5. The topological polar surface area (TPSA) is 66.1 Å². The summed E-state index contributed by atoms with van der Waals surface area (Å²) in [6.45, 7) is 5.17. The van der Waals surface area contributed by atoms with Crippen molar-refractivity contribution in [2.45, 2.75) is 19.5 Å². The molecule has 2 N–H and O–H groups in total. The van der Waals surface area contributed by atoms with Crippen molar-refractivity contribution in [1.29, 1.82) is 0 Å². The highest BCUT2D eigenvalue weighted by atomic mass is 16.5. The lowest BCUT2D eigenvalue weighted by Gasteiger charge is -2.34. The molecule has 0 amide bonds. The largest absolute Gasteiger partial charge is 0.378 e. The highest BCUT2D eigenvalue weighted by Gasteiger charge is 2.27. The number of morpholine rings is 1. The number of imidazole rings is 1. The van der Waals surface area contributed by atoms with Crippen molar-refractivity contribution in [2.75, 3.05) is 32.1 Å². The van der Waals surface area contributed by atoms with Crippen molar-refractivity contribution in [3.63, 3.8) is 0 Å². The van der Waals surface area contributed by atoms with Crippen LogP contribution in [0.5, 0.6) is 0 Å². The number of H-pyrrole nitrogens is 1. The lowest BCUT2D eigenvalue weighted by molar-refractivity contribution is -0.0156. The minimum absolute atomic E-state index is 0.164. The first-order valence-corrected chi connectivity index (χ1v) is 7.23. The van der Waals surface area contributed by atoms with Gasteiger partial charge in [0.2, 0.25) is 0 Å². The summed E-state index contributed by atoms with van der Waals surface area (Å²) in [4.78, 5) is 14.6. The van der Waals surface area contributed by atoms with Crippen LogP contribution < -0.4 is 5.32 Å². The molecule has 0 aromatic carbocycles. The number of anilines is 1. The van der Waals surface area contributed by atoms with Gasteiger partial charge in [-0.05, 0) is 13.0 Å². The molecule has 6 nitrogen and oxygen atoms in total. The fourth-order valence-corrected chi connectivity index (χ4v) is 2.69. The third-order valence-electron chi connectivity index (χ3n) is 3.78. The second kappa shape index (κ2) is 6.24. The van der Waals surface area contributed by atoms with E-state index in [0.29, 0.717) is 6.61 Å². The average molecular weight is 287 g/mol. The summed E-state index contributed by atoms with van der Waals surface area (Å²) < 4.78 is 5.64. The molecule has 1 aliphatic rings. The molecule has 21 heavy (non-hydrogen) atoms. The van der Waals surface area contributed by atoms with Crippen LogP contribution in [0.15, 0.2) is 24.5 Å². The van der Waals surface area contributed by atoms with E-state index in [0.717, 1.165) is 37.0 Å². The van der Waals surface area contributed by atoms with Crippen LogP contribution >= 0.6 is 0 Å². The standard InChI is InChI=1S/C15H21N5O/c1-11-8-18-15(19-11)13-10-21-7-6-20(13)9-12-4-3-5-17-14(12)16-2/h3-5,8,13H,6-7,9-10H2,1-2H3,(H,16,17)(H,18,19)/t13-/m1/s1. The molecule has 0 unspecified atom stereocenters. The van der Waals surface area contributed by atoms with Gasteiger partial charge in [-0.3, -0.25) is 4.90 Å². The Hall–Kier alpha value is -1.92. The Bertz CT molecular complexity index is 597. The molecule has 3 rings (SSSR count). The van der Waals surface area contributed by atoms with Crippen LogP contribution in [-0.4, -0.2) is 46.7 Å². The smallest absolute Gasteiger partial charge is 0.130 e. The monoisotopic (exact) mass is 287 g/mol. The number of nitrogens with zero attached hydrogens (tertiary/aromatic N) is 3. The molecule has 1 atom stereocenters. The highest BCUT2D eigenvalue weighted by Crippen LogP contribution is 2.25. The van der Waals surface area contributed by atoms with E-state index in [1.807, 2.05) is 32.4 Å². The van der Waals surface area contributed by atoms with Gasteiger partial charge in [-0.15, -0.1) is 0 Å². The van der Waals surface area contributed by atoms with Gasteiger partial charge in [-0.1, -0.05) is 6.07 Å². The number of aromatic nitrogens is 3. The zero-order chi connectivity index (χ0) is 14.7. The Morgan fingerprint density at radius 2 is 2.38 bits per heavy atom. The van der Waals surface area contributed by atoms with Gasteiger partial charge in [0.25, 0.3) is 0 Å². The zero-order valence-electron chi connectivity index (χ0n) is 12.5. The SMILES string of the molecule is CNc1ncccc1CN1CCOC[C@@H]1c1ncc(C)[nH]1. The molecule has 2 aromatic heterocycles. The number of rotatable bonds is 4. The van der Waals surface area contributed by atoms with E-state index in [9.17, 15) is 0 Å². The van der Waals surface area contributed by atoms with E-state index >= 15 is 0 Å². The van der Waals surface area contributed by atoms with Gasteiger partial charge in [0.15, 0.2) is 0 Å². The molecular formula is C15H21N5O. The van der Waals surface area contributed by atoms with E-state index in [-0.39, 0.29) is 6.04 Å². The summed E-state index contributed by atoms with van der Waals surface area (Å²) in [6, 6.07) is 4.25. The Kier molecular flexibility index (Phi) is 4.17. The number of ether oxygens (including phenoxy) is 1. The minimum atomic E-state index is 0.164. The fourth-order valence-electron chi connectivity index (χ4n) is 2.69. The molecule has 2 aromatic rings. The first-order valence-electron chi connectivity index (χ1n) is 7.23. The van der Waals surface area contributed by atoms with Crippen molar-refractivity contribution in [2.24, 2.45) is 0 Å². The summed E-state index contributed by atoms with van der Waals surface area (Å²) >= 11 is 0. The van der Waals surface area contributed by atoms with Crippen molar-refractivity contribution < 1.29 is 4.74 Å². The van der Waals surface area contributed by atoms with Gasteiger partial charge in [0.05, 0.1) is 19.3 Å².